The van der Waals surface area contributed by atoms with Crippen molar-refractivity contribution in [2.45, 2.75) is 12.0 Å². The predicted molar refractivity (Wildman–Crippen MR) is 82.9 cm³/mol. The Bertz CT molecular complexity index is 630. The Morgan fingerprint density at radius 1 is 1.11 bits per heavy atom. The average Bonchev–Trinajstić information content (AvgIpc) is 3.01. The highest BCUT2D eigenvalue weighted by atomic mass is 32.1. The molecule has 0 amide bonds. The first-order chi connectivity index (χ1) is 9.29. The van der Waals surface area contributed by atoms with Crippen LogP contribution in [-0.2, 0) is 0 Å². The van der Waals surface area contributed by atoms with Gasteiger partial charge in [-0.3, -0.25) is 0 Å². The van der Waals surface area contributed by atoms with E-state index in [1.165, 1.54) is 9.40 Å². The molecular formula is C15H15NOS2. The fourth-order valence-electron chi connectivity index (χ4n) is 2.28. The number of benzene rings is 1. The van der Waals surface area contributed by atoms with Gasteiger partial charge in [-0.2, -0.15) is 0 Å². The van der Waals surface area contributed by atoms with Crippen LogP contribution < -0.4 is 5.73 Å². The molecule has 3 aromatic rings. The molecule has 0 bridgehead atoms. The summed E-state index contributed by atoms with van der Waals surface area (Å²) in [4.78, 5) is 1.00. The molecule has 98 valence electrons. The van der Waals surface area contributed by atoms with Gasteiger partial charge in [-0.25, -0.2) is 0 Å². The van der Waals surface area contributed by atoms with Crippen LogP contribution in [0.2, 0.25) is 0 Å². The summed E-state index contributed by atoms with van der Waals surface area (Å²) in [5.41, 5.74) is 6.95. The van der Waals surface area contributed by atoms with E-state index in [1.54, 1.807) is 22.7 Å². The Labute approximate surface area is 120 Å². The van der Waals surface area contributed by atoms with Gasteiger partial charge in [-0.1, -0.05) is 30.3 Å². The molecule has 2 heterocycles. The van der Waals surface area contributed by atoms with E-state index in [2.05, 4.69) is 17.5 Å². The number of hydrogen-bond donors (Lipinski definition) is 2. The SMILES string of the molecule is NCC(c1ccccc1)C(O)c1cc2sccc2s1. The van der Waals surface area contributed by atoms with E-state index in [4.69, 9.17) is 5.73 Å². The summed E-state index contributed by atoms with van der Waals surface area (Å²) in [6.07, 6.45) is -0.531. The zero-order valence-corrected chi connectivity index (χ0v) is 12.0. The van der Waals surface area contributed by atoms with Crippen molar-refractivity contribution in [1.29, 1.82) is 0 Å². The highest BCUT2D eigenvalue weighted by molar-refractivity contribution is 7.26. The van der Waals surface area contributed by atoms with Gasteiger partial charge in [0.05, 0.1) is 6.10 Å². The van der Waals surface area contributed by atoms with Crippen LogP contribution in [0.3, 0.4) is 0 Å². The number of fused-ring (bicyclic) bond motifs is 1. The van der Waals surface area contributed by atoms with Crippen molar-refractivity contribution in [2.24, 2.45) is 5.73 Å². The minimum Gasteiger partial charge on any atom is -0.387 e. The van der Waals surface area contributed by atoms with E-state index in [-0.39, 0.29) is 5.92 Å². The molecule has 1 aromatic carbocycles. The fourth-order valence-corrected chi connectivity index (χ4v) is 4.45. The molecule has 2 nitrogen and oxygen atoms in total. The largest absolute Gasteiger partial charge is 0.387 e. The Kier molecular flexibility index (Phi) is 3.66. The zero-order valence-electron chi connectivity index (χ0n) is 10.3. The van der Waals surface area contributed by atoms with E-state index < -0.39 is 6.10 Å². The van der Waals surface area contributed by atoms with Crippen LogP contribution in [0.5, 0.6) is 0 Å². The van der Waals surface area contributed by atoms with Crippen molar-refractivity contribution < 1.29 is 5.11 Å². The molecule has 3 N–H and O–H groups in total. The maximum absolute atomic E-state index is 10.6. The molecule has 2 unspecified atom stereocenters. The number of nitrogens with two attached hydrogens (primary N) is 1. The van der Waals surface area contributed by atoms with Crippen molar-refractivity contribution in [1.82, 2.24) is 0 Å². The molecule has 0 saturated carbocycles. The van der Waals surface area contributed by atoms with Gasteiger partial charge < -0.3 is 10.8 Å². The van der Waals surface area contributed by atoms with Gasteiger partial charge in [0.25, 0.3) is 0 Å². The maximum atomic E-state index is 10.6. The number of aliphatic hydroxyl groups is 1. The zero-order chi connectivity index (χ0) is 13.2. The van der Waals surface area contributed by atoms with Crippen LogP contribution in [0.25, 0.3) is 9.40 Å². The van der Waals surface area contributed by atoms with Gasteiger partial charge in [-0.05, 0) is 23.1 Å². The lowest BCUT2D eigenvalue weighted by Crippen LogP contribution is -2.19. The van der Waals surface area contributed by atoms with Crippen molar-refractivity contribution in [3.8, 4) is 0 Å². The van der Waals surface area contributed by atoms with Gasteiger partial charge in [0, 0.05) is 26.7 Å². The third-order valence-corrected chi connectivity index (χ3v) is 5.48. The highest BCUT2D eigenvalue weighted by Gasteiger charge is 2.23. The van der Waals surface area contributed by atoms with Crippen LogP contribution in [0.4, 0.5) is 0 Å². The summed E-state index contributed by atoms with van der Waals surface area (Å²) >= 11 is 3.36. The molecule has 0 radical (unpaired) electrons. The second-order valence-electron chi connectivity index (χ2n) is 4.50. The van der Waals surface area contributed by atoms with Gasteiger partial charge >= 0.3 is 0 Å². The Morgan fingerprint density at radius 3 is 2.58 bits per heavy atom. The number of aliphatic hydroxyl groups excluding tert-OH is 1. The third kappa shape index (κ3) is 2.44. The maximum Gasteiger partial charge on any atom is 0.0963 e. The van der Waals surface area contributed by atoms with Crippen LogP contribution in [0.1, 0.15) is 22.5 Å². The van der Waals surface area contributed by atoms with Crippen molar-refractivity contribution in [2.75, 3.05) is 6.54 Å². The molecule has 0 aliphatic heterocycles. The first kappa shape index (κ1) is 12.8. The van der Waals surface area contributed by atoms with Crippen LogP contribution in [0, 0.1) is 0 Å². The summed E-state index contributed by atoms with van der Waals surface area (Å²) < 4.78 is 2.48. The molecule has 0 aliphatic rings. The van der Waals surface area contributed by atoms with Crippen LogP contribution in [0.15, 0.2) is 47.8 Å². The summed E-state index contributed by atoms with van der Waals surface area (Å²) in [6.45, 7) is 0.441. The summed E-state index contributed by atoms with van der Waals surface area (Å²) in [5, 5.41) is 12.7. The second kappa shape index (κ2) is 5.43. The first-order valence-electron chi connectivity index (χ1n) is 6.19. The Hall–Kier alpha value is -1.20. The number of thiophene rings is 2. The Morgan fingerprint density at radius 2 is 1.89 bits per heavy atom. The van der Waals surface area contributed by atoms with Crippen molar-refractivity contribution in [3.63, 3.8) is 0 Å². The Balaban J connectivity index is 1.93. The van der Waals surface area contributed by atoms with Crippen molar-refractivity contribution >= 4 is 32.1 Å². The van der Waals surface area contributed by atoms with Gasteiger partial charge in [-0.15, -0.1) is 22.7 Å². The van der Waals surface area contributed by atoms with Gasteiger partial charge in [0.1, 0.15) is 0 Å². The molecule has 0 fully saturated rings. The minimum atomic E-state index is -0.531. The standard InChI is InChI=1S/C15H15NOS2/c16-9-11(10-4-2-1-3-5-10)15(17)14-8-13-12(19-14)6-7-18-13/h1-8,11,15,17H,9,16H2. The highest BCUT2D eigenvalue weighted by Crippen LogP contribution is 2.38. The smallest absolute Gasteiger partial charge is 0.0963 e. The van der Waals surface area contributed by atoms with Crippen LogP contribution >= 0.6 is 22.7 Å². The normalized spacial score (nSPS) is 14.6. The van der Waals surface area contributed by atoms with Gasteiger partial charge in [0.15, 0.2) is 0 Å². The van der Waals surface area contributed by atoms with Gasteiger partial charge in [0.2, 0.25) is 0 Å². The van der Waals surface area contributed by atoms with Crippen LogP contribution in [-0.4, -0.2) is 11.7 Å². The van der Waals surface area contributed by atoms with E-state index in [9.17, 15) is 5.11 Å². The van der Waals surface area contributed by atoms with E-state index in [0.29, 0.717) is 6.54 Å². The quantitative estimate of drug-likeness (QED) is 0.768. The lowest BCUT2D eigenvalue weighted by Gasteiger charge is -2.20. The van der Waals surface area contributed by atoms with Crippen molar-refractivity contribution in [3.05, 3.63) is 58.3 Å². The lowest BCUT2D eigenvalue weighted by atomic mass is 9.92. The molecule has 4 heteroatoms. The fraction of sp³-hybridized carbons (Fsp3) is 0.200. The van der Waals surface area contributed by atoms with E-state index in [1.807, 2.05) is 30.3 Å². The first-order valence-corrected chi connectivity index (χ1v) is 7.89. The van der Waals surface area contributed by atoms with E-state index in [0.717, 1.165) is 10.4 Å². The minimum absolute atomic E-state index is 0.0473. The summed E-state index contributed by atoms with van der Waals surface area (Å²) in [5.74, 6) is -0.0473. The molecule has 0 spiro atoms. The van der Waals surface area contributed by atoms with E-state index >= 15 is 0 Å². The summed E-state index contributed by atoms with van der Waals surface area (Å²) in [6, 6.07) is 14.2. The lowest BCUT2D eigenvalue weighted by molar-refractivity contribution is 0.151. The summed E-state index contributed by atoms with van der Waals surface area (Å²) in [7, 11) is 0. The molecule has 2 aromatic heterocycles. The monoisotopic (exact) mass is 289 g/mol. The third-order valence-electron chi connectivity index (χ3n) is 3.31. The topological polar surface area (TPSA) is 46.2 Å². The molecule has 19 heavy (non-hydrogen) atoms. The second-order valence-corrected chi connectivity index (χ2v) is 6.56. The predicted octanol–water partition coefficient (Wildman–Crippen LogP) is 3.74. The molecule has 2 atom stereocenters. The molecule has 3 rings (SSSR count). The number of rotatable bonds is 4. The molecular weight excluding hydrogens is 274 g/mol. The average molecular weight is 289 g/mol. The molecule has 0 aliphatic carbocycles. The molecule has 0 saturated heterocycles. The number of hydrogen-bond acceptors (Lipinski definition) is 4.